The number of allylic oxidation sites excluding steroid dienone is 4. The van der Waals surface area contributed by atoms with Gasteiger partial charge in [0.05, 0.1) is 16.6 Å². The molecule has 1 aliphatic heterocycles. The molecule has 2 heterocycles. The summed E-state index contributed by atoms with van der Waals surface area (Å²) in [4.78, 5) is 10.1. The number of rotatable bonds is 5. The molecule has 1 N–H and O–H groups in total. The van der Waals surface area contributed by atoms with E-state index in [1.165, 1.54) is 17.2 Å². The zero-order chi connectivity index (χ0) is 41.7. The second kappa shape index (κ2) is 15.3. The fraction of sp³-hybridized carbons (Fsp3) is 0.0741. The number of nitrogens with zero attached hydrogens (tertiary/aromatic N) is 3. The minimum absolute atomic E-state index is 0.323. The van der Waals surface area contributed by atoms with Gasteiger partial charge in [0, 0.05) is 32.8 Å². The summed E-state index contributed by atoms with van der Waals surface area (Å²) in [6, 6.07) is 55.7. The van der Waals surface area contributed by atoms with Gasteiger partial charge in [0.1, 0.15) is 11.7 Å². The number of benzene rings is 7. The first-order valence-corrected chi connectivity index (χ1v) is 20.3. The van der Waals surface area contributed by atoms with E-state index in [1.807, 2.05) is 72.8 Å². The van der Waals surface area contributed by atoms with Crippen LogP contribution in [0.1, 0.15) is 28.7 Å². The smallest absolute Gasteiger partial charge is 0.324 e. The Kier molecular flexibility index (Phi) is 9.44. The number of aromatic nitrogens is 1. The predicted molar refractivity (Wildman–Crippen MR) is 244 cm³/mol. The zero-order valence-corrected chi connectivity index (χ0v) is 33.5. The van der Waals surface area contributed by atoms with Gasteiger partial charge >= 0.3 is 6.18 Å². The first-order valence-electron chi connectivity index (χ1n) is 20.3. The molecule has 0 radical (unpaired) electrons. The van der Waals surface area contributed by atoms with Crippen molar-refractivity contribution in [2.24, 2.45) is 9.98 Å². The first-order chi connectivity index (χ1) is 29.7. The maximum absolute atomic E-state index is 14.3. The van der Waals surface area contributed by atoms with Gasteiger partial charge in [-0.25, -0.2) is 9.98 Å². The Labute approximate surface area is 351 Å². The normalized spacial score (nSPS) is 16.0. The van der Waals surface area contributed by atoms with Crippen molar-refractivity contribution in [1.29, 1.82) is 0 Å². The number of halogens is 3. The molecule has 1 aromatic heterocycles. The third-order valence-electron chi connectivity index (χ3n) is 11.4. The lowest BCUT2D eigenvalue weighted by Crippen LogP contribution is -2.38. The Hall–Kier alpha value is -7.51. The van der Waals surface area contributed by atoms with Gasteiger partial charge in [0.25, 0.3) is 0 Å². The molecule has 0 unspecified atom stereocenters. The van der Waals surface area contributed by atoms with E-state index >= 15 is 0 Å². The minimum atomic E-state index is -4.50. The van der Waals surface area contributed by atoms with Crippen LogP contribution >= 0.6 is 0 Å². The Morgan fingerprint density at radius 2 is 1.11 bits per heavy atom. The maximum atomic E-state index is 14.3. The van der Waals surface area contributed by atoms with Crippen LogP contribution in [0.3, 0.4) is 0 Å². The molecule has 0 saturated carbocycles. The van der Waals surface area contributed by atoms with E-state index in [-0.39, 0.29) is 0 Å². The second-order valence-electron chi connectivity index (χ2n) is 15.6. The molecular formula is C54H39F3N4. The number of aryl methyl sites for hydroxylation is 2. The number of hydrogen-bond acceptors (Lipinski definition) is 3. The van der Waals surface area contributed by atoms with Gasteiger partial charge in [-0.1, -0.05) is 163 Å². The van der Waals surface area contributed by atoms with Gasteiger partial charge < -0.3 is 9.88 Å². The van der Waals surface area contributed by atoms with Crippen LogP contribution in [0.2, 0.25) is 0 Å². The largest absolute Gasteiger partial charge is 0.416 e. The SMILES string of the molecule is Cc1cccc(-c2ccc3c4ccc(-c5cccc(C)c5)cc4n(-c4ccc(=C5C=C(C(F)(F)F)C=CC5)c(=C5N=C(c6ccccc6)N=C(c6ccccc6)N5)c4)c3c2)c1. The Morgan fingerprint density at radius 3 is 1.70 bits per heavy atom. The third kappa shape index (κ3) is 7.29. The van der Waals surface area contributed by atoms with Gasteiger partial charge in [0.2, 0.25) is 0 Å². The fourth-order valence-corrected chi connectivity index (χ4v) is 8.41. The number of amidine groups is 2. The van der Waals surface area contributed by atoms with Crippen LogP contribution in [0, 0.1) is 13.8 Å². The summed E-state index contributed by atoms with van der Waals surface area (Å²) in [5, 5.41) is 6.99. The van der Waals surface area contributed by atoms with Crippen molar-refractivity contribution < 1.29 is 13.2 Å². The van der Waals surface area contributed by atoms with E-state index in [2.05, 4.69) is 115 Å². The van der Waals surface area contributed by atoms with Crippen LogP contribution in [0.15, 0.2) is 198 Å². The van der Waals surface area contributed by atoms with Gasteiger partial charge in [-0.05, 0) is 83.7 Å². The highest BCUT2D eigenvalue weighted by atomic mass is 19.4. The topological polar surface area (TPSA) is 41.7 Å². The van der Waals surface area contributed by atoms with Crippen molar-refractivity contribution in [3.63, 3.8) is 0 Å². The average Bonchev–Trinajstić information content (AvgIpc) is 3.62. The van der Waals surface area contributed by atoms with Gasteiger partial charge in [-0.2, -0.15) is 13.2 Å². The van der Waals surface area contributed by atoms with Crippen LogP contribution in [0.4, 0.5) is 13.2 Å². The van der Waals surface area contributed by atoms with Crippen molar-refractivity contribution in [3.05, 3.63) is 220 Å². The molecule has 0 amide bonds. The number of nitrogens with one attached hydrogen (secondary N) is 1. The molecule has 0 bridgehead atoms. The molecule has 8 aromatic rings. The van der Waals surface area contributed by atoms with Crippen LogP contribution in [-0.2, 0) is 0 Å². The van der Waals surface area contributed by atoms with Crippen LogP contribution in [-0.4, -0.2) is 22.4 Å². The van der Waals surface area contributed by atoms with Gasteiger partial charge in [0.15, 0.2) is 5.84 Å². The summed E-state index contributed by atoms with van der Waals surface area (Å²) < 4.78 is 45.1. The molecule has 7 heteroatoms. The molecule has 4 nitrogen and oxygen atoms in total. The van der Waals surface area contributed by atoms with Gasteiger partial charge in [-0.15, -0.1) is 0 Å². The summed E-state index contributed by atoms with van der Waals surface area (Å²) in [6.07, 6.45) is -0.179. The summed E-state index contributed by atoms with van der Waals surface area (Å²) in [5.74, 6) is 1.56. The van der Waals surface area contributed by atoms with E-state index in [9.17, 15) is 13.2 Å². The number of aliphatic imine (C=N–C) groups is 2. The molecule has 2 aliphatic rings. The Bertz CT molecular complexity index is 3190. The number of alkyl halides is 3. The van der Waals surface area contributed by atoms with Crippen molar-refractivity contribution in [3.8, 4) is 27.9 Å². The minimum Gasteiger partial charge on any atom is -0.324 e. The highest BCUT2D eigenvalue weighted by Crippen LogP contribution is 2.37. The first kappa shape index (κ1) is 37.7. The molecule has 7 aromatic carbocycles. The van der Waals surface area contributed by atoms with Crippen LogP contribution in [0.25, 0.3) is 61.1 Å². The quantitative estimate of drug-likeness (QED) is 0.185. The van der Waals surface area contributed by atoms with E-state index in [0.29, 0.717) is 39.9 Å². The number of hydrogen-bond donors (Lipinski definition) is 1. The zero-order valence-electron chi connectivity index (χ0n) is 33.5. The maximum Gasteiger partial charge on any atom is 0.416 e. The molecule has 1 aliphatic carbocycles. The van der Waals surface area contributed by atoms with E-state index in [4.69, 9.17) is 9.98 Å². The van der Waals surface area contributed by atoms with Gasteiger partial charge in [-0.3, -0.25) is 0 Å². The van der Waals surface area contributed by atoms with Crippen LogP contribution < -0.4 is 15.8 Å². The fourth-order valence-electron chi connectivity index (χ4n) is 8.41. The lowest BCUT2D eigenvalue weighted by molar-refractivity contribution is -0.0882. The highest BCUT2D eigenvalue weighted by Gasteiger charge is 2.33. The monoisotopic (exact) mass is 800 g/mol. The molecule has 0 saturated heterocycles. The lowest BCUT2D eigenvalue weighted by atomic mass is 9.98. The van der Waals surface area contributed by atoms with E-state index in [0.717, 1.165) is 66.9 Å². The molecule has 296 valence electrons. The predicted octanol–water partition coefficient (Wildman–Crippen LogP) is 11.9. The van der Waals surface area contributed by atoms with E-state index < -0.39 is 11.7 Å². The van der Waals surface area contributed by atoms with Crippen molar-refractivity contribution in [2.45, 2.75) is 26.4 Å². The summed E-state index contributed by atoms with van der Waals surface area (Å²) in [7, 11) is 0. The summed E-state index contributed by atoms with van der Waals surface area (Å²) >= 11 is 0. The van der Waals surface area contributed by atoms with Crippen molar-refractivity contribution in [1.82, 2.24) is 9.88 Å². The average molecular weight is 801 g/mol. The highest BCUT2D eigenvalue weighted by molar-refractivity contribution is 6.16. The lowest BCUT2D eigenvalue weighted by Gasteiger charge is -2.19. The molecule has 61 heavy (non-hydrogen) atoms. The Morgan fingerprint density at radius 1 is 0.541 bits per heavy atom. The summed E-state index contributed by atoms with van der Waals surface area (Å²) in [5.41, 5.74) is 11.1. The van der Waals surface area contributed by atoms with Crippen molar-refractivity contribution >= 4 is 44.9 Å². The number of fused-ring (bicyclic) bond motifs is 3. The van der Waals surface area contributed by atoms with Crippen molar-refractivity contribution in [2.75, 3.05) is 0 Å². The summed E-state index contributed by atoms with van der Waals surface area (Å²) in [6.45, 7) is 4.19. The molecular weight excluding hydrogens is 762 g/mol. The molecule has 0 fully saturated rings. The standard InChI is InChI=1S/C54H39F3N4/c1-34-12-9-18-38(28-34)40-22-25-46-47-26-23-41(39-19-10-13-35(2)29-39)32-50(47)61(49(46)31-40)44-24-27-45(42-20-11-21-43(30-42)54(55,56)57)48(33-44)53-59-51(36-14-5-3-6-15-36)58-52(60-53)37-16-7-4-8-17-37/h3-19,21-33H,20H2,1-2H3,(H,58,59,60). The second-order valence-corrected chi connectivity index (χ2v) is 15.6. The third-order valence-corrected chi connectivity index (χ3v) is 11.4. The Balaban J connectivity index is 1.30. The van der Waals surface area contributed by atoms with Crippen LogP contribution in [0.5, 0.6) is 0 Å². The molecule has 0 spiro atoms. The molecule has 0 atom stereocenters. The molecule has 10 rings (SSSR count). The van der Waals surface area contributed by atoms with E-state index in [1.54, 1.807) is 6.08 Å².